The molecule has 90 valence electrons. The van der Waals surface area contributed by atoms with Crippen molar-refractivity contribution in [1.82, 2.24) is 0 Å². The fourth-order valence-corrected chi connectivity index (χ4v) is 1.17. The minimum Gasteiger partial charge on any atom is -0.481 e. The summed E-state index contributed by atoms with van der Waals surface area (Å²) in [5, 5.41) is 14.8. The number of carbonyl (C=O) groups is 2. The molecule has 0 fully saturated rings. The maximum atomic E-state index is 10.2. The fourth-order valence-electron chi connectivity index (χ4n) is 0.466. The Morgan fingerprint density at radius 1 is 1.00 bits per heavy atom. The molecule has 1 aromatic rings. The lowest BCUT2D eigenvalue weighted by molar-refractivity contribution is -0.135. The number of hydrogen-bond acceptors (Lipinski definition) is 3. The summed E-state index contributed by atoms with van der Waals surface area (Å²) in [6.07, 6.45) is 0. The van der Waals surface area contributed by atoms with Gasteiger partial charge < -0.3 is 10.2 Å². The van der Waals surface area contributed by atoms with Crippen molar-refractivity contribution >= 4 is 33.1 Å². The van der Waals surface area contributed by atoms with Crippen LogP contribution in [0, 0.1) is 3.57 Å². The highest BCUT2D eigenvalue weighted by Crippen LogP contribution is 2.06. The van der Waals surface area contributed by atoms with Crippen molar-refractivity contribution in [2.75, 3.05) is 0 Å². The normalized spacial score (nSPS) is 7.62. The second-order valence-corrected chi connectivity index (χ2v) is 4.10. The Balaban J connectivity index is 0. The van der Waals surface area contributed by atoms with Gasteiger partial charge >= 0.3 is 0 Å². The molecule has 0 aliphatic rings. The summed E-state index contributed by atoms with van der Waals surface area (Å²) in [7, 11) is 0. The van der Waals surface area contributed by atoms with Crippen LogP contribution in [0.2, 0.25) is 0 Å². The quantitative estimate of drug-likeness (QED) is 0.766. The van der Waals surface area contributed by atoms with E-state index in [1.165, 1.54) is 0 Å². The highest BCUT2D eigenvalue weighted by molar-refractivity contribution is 14.1. The summed E-state index contributed by atoms with van der Waals surface area (Å²) in [4.78, 5) is 18.0. The summed E-state index contributed by atoms with van der Waals surface area (Å²) in [5.74, 6) is -1.67. The van der Waals surface area contributed by atoms with Gasteiger partial charge in [0, 0.05) is 17.4 Å². The summed E-state index contributed by atoms with van der Waals surface area (Å²) in [6, 6.07) is 9.46. The average Bonchev–Trinajstić information content (AvgIpc) is 2.17. The minimum absolute atomic E-state index is 0.833. The molecule has 6 heteroatoms. The SMILES string of the molecule is CC(=O)O.CC(=O)O.O=Ic1ccccc1. The lowest BCUT2D eigenvalue weighted by Gasteiger charge is -1.80. The van der Waals surface area contributed by atoms with Gasteiger partial charge in [0.15, 0.2) is 21.2 Å². The largest absolute Gasteiger partial charge is 0.481 e. The maximum Gasteiger partial charge on any atom is 0.300 e. The molecular weight excluding hydrogens is 327 g/mol. The van der Waals surface area contributed by atoms with Crippen LogP contribution in [0.4, 0.5) is 0 Å². The molecular formula is C10H13IO5. The van der Waals surface area contributed by atoms with Crippen molar-refractivity contribution in [3.63, 3.8) is 0 Å². The molecule has 0 bridgehead atoms. The number of aliphatic carboxylic acids is 2. The molecule has 16 heavy (non-hydrogen) atoms. The van der Waals surface area contributed by atoms with Gasteiger partial charge in [-0.25, -0.2) is 0 Å². The first kappa shape index (κ1) is 17.1. The van der Waals surface area contributed by atoms with Crippen molar-refractivity contribution in [3.05, 3.63) is 33.9 Å². The lowest BCUT2D eigenvalue weighted by Crippen LogP contribution is -1.78. The average molecular weight is 340 g/mol. The van der Waals surface area contributed by atoms with E-state index in [1.54, 1.807) is 0 Å². The second kappa shape index (κ2) is 11.8. The molecule has 0 saturated heterocycles. The Labute approximate surface area is 104 Å². The van der Waals surface area contributed by atoms with E-state index in [0.29, 0.717) is 0 Å². The maximum absolute atomic E-state index is 10.2. The van der Waals surface area contributed by atoms with Gasteiger partial charge in [-0.2, -0.15) is 0 Å². The van der Waals surface area contributed by atoms with E-state index in [-0.39, 0.29) is 0 Å². The number of benzene rings is 1. The standard InChI is InChI=1S/C6H5IO.2C2H4O2/c8-7-6-4-2-1-3-5-6;2*1-2(3)4/h1-5H;2*1H3,(H,3,4). The highest BCUT2D eigenvalue weighted by atomic mass is 127. The van der Waals surface area contributed by atoms with Crippen molar-refractivity contribution in [3.8, 4) is 0 Å². The second-order valence-electron chi connectivity index (χ2n) is 2.41. The predicted molar refractivity (Wildman–Crippen MR) is 66.5 cm³/mol. The molecule has 0 heterocycles. The molecule has 1 aromatic carbocycles. The summed E-state index contributed by atoms with van der Waals surface area (Å²) in [6.45, 7) is 2.17. The van der Waals surface area contributed by atoms with Crippen molar-refractivity contribution in [2.45, 2.75) is 13.8 Å². The molecule has 2 N–H and O–H groups in total. The van der Waals surface area contributed by atoms with E-state index in [4.69, 9.17) is 19.8 Å². The molecule has 5 nitrogen and oxygen atoms in total. The van der Waals surface area contributed by atoms with Gasteiger partial charge in [0.1, 0.15) is 0 Å². The number of carboxylic acids is 2. The minimum atomic E-state index is -0.941. The molecule has 0 aliphatic carbocycles. The van der Waals surface area contributed by atoms with Gasteiger partial charge in [-0.15, -0.1) is 0 Å². The molecule has 0 radical (unpaired) electrons. The van der Waals surface area contributed by atoms with Gasteiger partial charge in [0.05, 0.1) is 0 Å². The van der Waals surface area contributed by atoms with E-state index in [0.717, 1.165) is 17.4 Å². The van der Waals surface area contributed by atoms with Crippen molar-refractivity contribution in [1.29, 1.82) is 0 Å². The Kier molecular flexibility index (Phi) is 12.6. The van der Waals surface area contributed by atoms with Gasteiger partial charge in [0.2, 0.25) is 0 Å². The van der Waals surface area contributed by atoms with Gasteiger partial charge in [-0.05, 0) is 12.1 Å². The highest BCUT2D eigenvalue weighted by Gasteiger charge is 1.81. The van der Waals surface area contributed by atoms with Crippen LogP contribution in [-0.4, -0.2) is 22.2 Å². The van der Waals surface area contributed by atoms with E-state index in [9.17, 15) is 3.07 Å². The Morgan fingerprint density at radius 3 is 1.50 bits per heavy atom. The summed E-state index contributed by atoms with van der Waals surface area (Å²) in [5.41, 5.74) is 0. The zero-order valence-corrected chi connectivity index (χ0v) is 11.0. The lowest BCUT2D eigenvalue weighted by atomic mass is 10.4. The monoisotopic (exact) mass is 340 g/mol. The van der Waals surface area contributed by atoms with Crippen LogP contribution in [-0.2, 0) is 12.7 Å². The molecule has 0 aromatic heterocycles. The third-order valence-electron chi connectivity index (χ3n) is 0.822. The van der Waals surface area contributed by atoms with E-state index < -0.39 is 33.1 Å². The van der Waals surface area contributed by atoms with Crippen LogP contribution >= 0.6 is 21.2 Å². The third kappa shape index (κ3) is 23.0. The molecule has 0 spiro atoms. The van der Waals surface area contributed by atoms with Gasteiger partial charge in [-0.1, -0.05) is 18.2 Å². The first-order valence-corrected chi connectivity index (χ1v) is 6.07. The van der Waals surface area contributed by atoms with Crippen LogP contribution in [0.25, 0.3) is 0 Å². The zero-order chi connectivity index (χ0) is 13.0. The van der Waals surface area contributed by atoms with E-state index in [2.05, 4.69) is 0 Å². The fraction of sp³-hybridized carbons (Fsp3) is 0.200. The van der Waals surface area contributed by atoms with Crippen LogP contribution in [0.15, 0.2) is 30.3 Å². The number of rotatable bonds is 1. The molecule has 0 saturated carbocycles. The number of hydrogen-bond donors (Lipinski definition) is 2. The van der Waals surface area contributed by atoms with E-state index in [1.807, 2.05) is 30.3 Å². The van der Waals surface area contributed by atoms with E-state index >= 15 is 0 Å². The molecule has 1 rings (SSSR count). The smallest absolute Gasteiger partial charge is 0.300 e. The van der Waals surface area contributed by atoms with Crippen LogP contribution in [0.5, 0.6) is 0 Å². The predicted octanol–water partition coefficient (Wildman–Crippen LogP) is 2.35. The first-order chi connectivity index (χ1) is 7.40. The van der Waals surface area contributed by atoms with Crippen molar-refractivity contribution in [2.24, 2.45) is 0 Å². The van der Waals surface area contributed by atoms with Crippen molar-refractivity contribution < 1.29 is 22.9 Å². The number of carboxylic acid groups (broad SMARTS) is 2. The molecule has 0 aliphatic heterocycles. The Bertz CT molecular complexity index is 303. The topological polar surface area (TPSA) is 91.7 Å². The summed E-state index contributed by atoms with van der Waals surface area (Å²) < 4.78 is 11.2. The number of halogens is 1. The molecule has 0 amide bonds. The van der Waals surface area contributed by atoms with Crippen LogP contribution < -0.4 is 0 Å². The van der Waals surface area contributed by atoms with Crippen LogP contribution in [0.1, 0.15) is 13.8 Å². The third-order valence-corrected chi connectivity index (χ3v) is 2.05. The summed E-state index contributed by atoms with van der Waals surface area (Å²) >= 11 is -0.941. The van der Waals surface area contributed by atoms with Gasteiger partial charge in [0.25, 0.3) is 11.9 Å². The zero-order valence-electron chi connectivity index (χ0n) is 8.88. The Hall–Kier alpha value is -1.31. The molecule has 0 atom stereocenters. The Morgan fingerprint density at radius 2 is 1.31 bits per heavy atom. The first-order valence-electron chi connectivity index (χ1n) is 4.11. The van der Waals surface area contributed by atoms with Gasteiger partial charge in [-0.3, -0.25) is 12.7 Å². The molecule has 0 unspecified atom stereocenters. The van der Waals surface area contributed by atoms with Crippen LogP contribution in [0.3, 0.4) is 0 Å².